The first-order chi connectivity index (χ1) is 11.0. The average Bonchev–Trinajstić information content (AvgIpc) is 2.89. The lowest BCUT2D eigenvalue weighted by Gasteiger charge is -1.98. The Bertz CT molecular complexity index is 857. The van der Waals surface area contributed by atoms with Crippen LogP contribution in [0.5, 0.6) is 0 Å². The molecule has 0 radical (unpaired) electrons. The van der Waals surface area contributed by atoms with Gasteiger partial charge in [-0.2, -0.15) is 0 Å². The molecule has 2 aromatic carbocycles. The molecule has 2 aromatic rings. The highest BCUT2D eigenvalue weighted by molar-refractivity contribution is 6.13. The minimum Gasteiger partial charge on any atom is -0.402 e. The van der Waals surface area contributed by atoms with Crippen molar-refractivity contribution < 1.29 is 18.8 Å². The molecule has 0 bridgehead atoms. The minimum absolute atomic E-state index is 0.0276. The summed E-state index contributed by atoms with van der Waals surface area (Å²) in [5.41, 5.74) is 0.483. The molecule has 0 fully saturated rings. The molecule has 1 heterocycles. The number of aliphatic imine (C=N–C) groups is 1. The summed E-state index contributed by atoms with van der Waals surface area (Å²) in [6, 6.07) is 11.3. The molecule has 7 heteroatoms. The number of para-hydroxylation sites is 1. The third-order valence-electron chi connectivity index (χ3n) is 3.14. The lowest BCUT2D eigenvalue weighted by Crippen LogP contribution is -2.05. The SMILES string of the molecule is O=C1OC(c2ccc(F)cc2)=N/C1=C\c1ccccc1[N+](=O)[O-]. The van der Waals surface area contributed by atoms with Gasteiger partial charge in [-0.05, 0) is 36.4 Å². The van der Waals surface area contributed by atoms with Crippen LogP contribution >= 0.6 is 0 Å². The number of benzene rings is 2. The summed E-state index contributed by atoms with van der Waals surface area (Å²) in [6.45, 7) is 0. The summed E-state index contributed by atoms with van der Waals surface area (Å²) >= 11 is 0. The Labute approximate surface area is 129 Å². The molecule has 0 saturated heterocycles. The van der Waals surface area contributed by atoms with E-state index in [-0.39, 0.29) is 22.8 Å². The number of nitro groups is 1. The number of rotatable bonds is 3. The number of hydrogen-bond acceptors (Lipinski definition) is 5. The number of carbonyl (C=O) groups excluding carboxylic acids is 1. The lowest BCUT2D eigenvalue weighted by molar-refractivity contribution is -0.385. The highest BCUT2D eigenvalue weighted by Crippen LogP contribution is 2.24. The molecule has 1 aliphatic rings. The van der Waals surface area contributed by atoms with Crippen LogP contribution in [0, 0.1) is 15.9 Å². The van der Waals surface area contributed by atoms with Crippen LogP contribution in [-0.4, -0.2) is 16.8 Å². The van der Waals surface area contributed by atoms with Gasteiger partial charge in [-0.15, -0.1) is 0 Å². The van der Waals surface area contributed by atoms with Crippen molar-refractivity contribution in [3.05, 3.63) is 81.3 Å². The van der Waals surface area contributed by atoms with Gasteiger partial charge in [0, 0.05) is 11.6 Å². The van der Waals surface area contributed by atoms with Gasteiger partial charge < -0.3 is 4.74 Å². The summed E-state index contributed by atoms with van der Waals surface area (Å²) in [5, 5.41) is 11.0. The normalized spacial score (nSPS) is 15.4. The lowest BCUT2D eigenvalue weighted by atomic mass is 10.1. The molecular weight excluding hydrogens is 303 g/mol. The van der Waals surface area contributed by atoms with Crippen LogP contribution in [0.4, 0.5) is 10.1 Å². The third-order valence-corrected chi connectivity index (χ3v) is 3.14. The van der Waals surface area contributed by atoms with Gasteiger partial charge in [0.05, 0.1) is 10.5 Å². The van der Waals surface area contributed by atoms with Crippen LogP contribution in [0.1, 0.15) is 11.1 Å². The van der Waals surface area contributed by atoms with E-state index in [9.17, 15) is 19.3 Å². The quantitative estimate of drug-likeness (QED) is 0.377. The third kappa shape index (κ3) is 2.98. The second-order valence-corrected chi connectivity index (χ2v) is 4.66. The molecule has 0 aromatic heterocycles. The highest BCUT2D eigenvalue weighted by Gasteiger charge is 2.25. The van der Waals surface area contributed by atoms with Gasteiger partial charge in [0.15, 0.2) is 5.70 Å². The first kappa shape index (κ1) is 14.6. The smallest absolute Gasteiger partial charge is 0.363 e. The topological polar surface area (TPSA) is 81.8 Å². The zero-order chi connectivity index (χ0) is 16.4. The van der Waals surface area contributed by atoms with E-state index >= 15 is 0 Å². The Balaban J connectivity index is 1.99. The first-order valence-corrected chi connectivity index (χ1v) is 6.56. The van der Waals surface area contributed by atoms with Crippen LogP contribution in [0.3, 0.4) is 0 Å². The Kier molecular flexibility index (Phi) is 3.68. The first-order valence-electron chi connectivity index (χ1n) is 6.56. The van der Waals surface area contributed by atoms with Crippen molar-refractivity contribution in [1.82, 2.24) is 0 Å². The number of nitrogens with zero attached hydrogens (tertiary/aromatic N) is 2. The second-order valence-electron chi connectivity index (χ2n) is 4.66. The number of esters is 1. The second kappa shape index (κ2) is 5.80. The maximum atomic E-state index is 12.9. The maximum Gasteiger partial charge on any atom is 0.363 e. The van der Waals surface area contributed by atoms with Crippen LogP contribution in [0.15, 0.2) is 59.2 Å². The van der Waals surface area contributed by atoms with E-state index < -0.39 is 16.7 Å². The van der Waals surface area contributed by atoms with Crippen LogP contribution in [0.2, 0.25) is 0 Å². The van der Waals surface area contributed by atoms with E-state index in [1.807, 2.05) is 0 Å². The predicted octanol–water partition coefficient (Wildman–Crippen LogP) is 3.08. The van der Waals surface area contributed by atoms with E-state index in [2.05, 4.69) is 4.99 Å². The minimum atomic E-state index is -0.720. The molecule has 0 aliphatic carbocycles. The molecule has 0 spiro atoms. The highest BCUT2D eigenvalue weighted by atomic mass is 19.1. The fraction of sp³-hybridized carbons (Fsp3) is 0. The molecule has 0 saturated carbocycles. The molecule has 0 unspecified atom stereocenters. The van der Waals surface area contributed by atoms with E-state index in [4.69, 9.17) is 4.74 Å². The molecule has 0 amide bonds. The number of hydrogen-bond donors (Lipinski definition) is 0. The summed E-state index contributed by atoms with van der Waals surface area (Å²) in [4.78, 5) is 26.3. The standard InChI is InChI=1S/C16H9FN2O4/c17-12-7-5-10(6-8-12)15-18-13(16(20)23-15)9-11-3-1-2-4-14(11)19(21)22/h1-9H/b13-9-. The predicted molar refractivity (Wildman–Crippen MR) is 80.1 cm³/mol. The van der Waals surface area contributed by atoms with Crippen LogP contribution in [0.25, 0.3) is 6.08 Å². The zero-order valence-corrected chi connectivity index (χ0v) is 11.6. The number of nitro benzene ring substituents is 1. The Morgan fingerprint density at radius 2 is 1.83 bits per heavy atom. The molecule has 0 atom stereocenters. The molecule has 6 nitrogen and oxygen atoms in total. The van der Waals surface area contributed by atoms with Gasteiger partial charge in [-0.3, -0.25) is 10.1 Å². The summed E-state index contributed by atoms with van der Waals surface area (Å²) < 4.78 is 17.9. The molecule has 23 heavy (non-hydrogen) atoms. The van der Waals surface area contributed by atoms with Crippen molar-refractivity contribution in [2.24, 2.45) is 4.99 Å². The molecule has 1 aliphatic heterocycles. The van der Waals surface area contributed by atoms with Gasteiger partial charge in [0.25, 0.3) is 5.69 Å². The number of ether oxygens (including phenoxy) is 1. The van der Waals surface area contributed by atoms with Gasteiger partial charge in [-0.25, -0.2) is 14.2 Å². The summed E-state index contributed by atoms with van der Waals surface area (Å²) in [6.07, 6.45) is 1.29. The average molecular weight is 312 g/mol. The monoisotopic (exact) mass is 312 g/mol. The van der Waals surface area contributed by atoms with Crippen molar-refractivity contribution in [3.8, 4) is 0 Å². The van der Waals surface area contributed by atoms with E-state index in [0.717, 1.165) is 0 Å². The van der Waals surface area contributed by atoms with E-state index in [0.29, 0.717) is 5.56 Å². The number of halogens is 1. The van der Waals surface area contributed by atoms with Gasteiger partial charge in [0.1, 0.15) is 5.82 Å². The summed E-state index contributed by atoms with van der Waals surface area (Å²) in [7, 11) is 0. The van der Waals surface area contributed by atoms with Gasteiger partial charge in [0.2, 0.25) is 5.90 Å². The van der Waals surface area contributed by atoms with Crippen molar-refractivity contribution in [3.63, 3.8) is 0 Å². The van der Waals surface area contributed by atoms with Crippen LogP contribution in [-0.2, 0) is 9.53 Å². The van der Waals surface area contributed by atoms with Crippen molar-refractivity contribution in [1.29, 1.82) is 0 Å². The van der Waals surface area contributed by atoms with Crippen molar-refractivity contribution >= 4 is 23.6 Å². The molecule has 0 N–H and O–H groups in total. The zero-order valence-electron chi connectivity index (χ0n) is 11.6. The number of carbonyl (C=O) groups is 1. The molecular formula is C16H9FN2O4. The molecule has 114 valence electrons. The van der Waals surface area contributed by atoms with Crippen LogP contribution < -0.4 is 0 Å². The maximum absolute atomic E-state index is 12.9. The Morgan fingerprint density at radius 3 is 2.52 bits per heavy atom. The largest absolute Gasteiger partial charge is 0.402 e. The Hall–Kier alpha value is -3.35. The fourth-order valence-electron chi connectivity index (χ4n) is 2.05. The molecule has 3 rings (SSSR count). The fourth-order valence-corrected chi connectivity index (χ4v) is 2.05. The van der Waals surface area contributed by atoms with E-state index in [1.165, 1.54) is 48.5 Å². The van der Waals surface area contributed by atoms with Gasteiger partial charge >= 0.3 is 5.97 Å². The van der Waals surface area contributed by atoms with Crippen molar-refractivity contribution in [2.45, 2.75) is 0 Å². The number of cyclic esters (lactones) is 1. The van der Waals surface area contributed by atoms with Crippen molar-refractivity contribution in [2.75, 3.05) is 0 Å². The van der Waals surface area contributed by atoms with Gasteiger partial charge in [-0.1, -0.05) is 12.1 Å². The van der Waals surface area contributed by atoms with E-state index in [1.54, 1.807) is 6.07 Å². The summed E-state index contributed by atoms with van der Waals surface area (Å²) in [5.74, 6) is -1.11. The Morgan fingerprint density at radius 1 is 1.13 bits per heavy atom.